The van der Waals surface area contributed by atoms with Crippen molar-refractivity contribution in [3.8, 4) is 11.5 Å². The molecule has 3 aromatic rings. The second kappa shape index (κ2) is 7.97. The predicted octanol–water partition coefficient (Wildman–Crippen LogP) is 5.77. The predicted molar refractivity (Wildman–Crippen MR) is 93.4 cm³/mol. The molecule has 0 bridgehead atoms. The van der Waals surface area contributed by atoms with Gasteiger partial charge < -0.3 is 9.47 Å². The van der Waals surface area contributed by atoms with E-state index < -0.39 is 17.6 Å². The van der Waals surface area contributed by atoms with Gasteiger partial charge in [0, 0.05) is 0 Å². The molecule has 0 N–H and O–H groups in total. The number of carbonyl (C=O) groups excluding carboxylic acids is 1. The van der Waals surface area contributed by atoms with Crippen molar-refractivity contribution in [1.82, 2.24) is 0 Å². The summed E-state index contributed by atoms with van der Waals surface area (Å²) in [5, 5.41) is -0.213. The Labute approximate surface area is 153 Å². The number of ether oxygens (including phenoxy) is 2. The molecule has 6 heteroatoms. The van der Waals surface area contributed by atoms with Gasteiger partial charge in [0.1, 0.15) is 18.1 Å². The van der Waals surface area contributed by atoms with Crippen molar-refractivity contribution >= 4 is 17.6 Å². The number of benzene rings is 3. The molecule has 0 atom stereocenters. The first-order valence-electron chi connectivity index (χ1n) is 7.66. The van der Waals surface area contributed by atoms with Crippen molar-refractivity contribution < 1.29 is 23.0 Å². The average Bonchev–Trinajstić information content (AvgIpc) is 2.64. The summed E-state index contributed by atoms with van der Waals surface area (Å²) in [5.41, 5.74) is 0.438. The van der Waals surface area contributed by atoms with Crippen LogP contribution in [0.25, 0.3) is 0 Å². The van der Waals surface area contributed by atoms with Gasteiger partial charge in [-0.1, -0.05) is 41.9 Å². The van der Waals surface area contributed by atoms with Crippen molar-refractivity contribution in [2.45, 2.75) is 6.61 Å². The van der Waals surface area contributed by atoms with Gasteiger partial charge in [-0.3, -0.25) is 0 Å². The maximum atomic E-state index is 13.3. The van der Waals surface area contributed by atoms with Crippen LogP contribution in [0, 0.1) is 11.6 Å². The van der Waals surface area contributed by atoms with E-state index in [1.807, 2.05) is 30.3 Å². The van der Waals surface area contributed by atoms with E-state index in [9.17, 15) is 13.6 Å². The lowest BCUT2D eigenvalue weighted by Crippen LogP contribution is -2.07. The highest BCUT2D eigenvalue weighted by Crippen LogP contribution is 2.24. The molecule has 0 radical (unpaired) electrons. The van der Waals surface area contributed by atoms with Crippen LogP contribution in [-0.4, -0.2) is 5.97 Å². The summed E-state index contributed by atoms with van der Waals surface area (Å²) in [7, 11) is 0. The van der Waals surface area contributed by atoms with Gasteiger partial charge in [-0.05, 0) is 42.0 Å². The molecule has 132 valence electrons. The van der Waals surface area contributed by atoms with Gasteiger partial charge in [-0.25, -0.2) is 13.6 Å². The van der Waals surface area contributed by atoms with Crippen LogP contribution in [0.3, 0.4) is 0 Å². The fourth-order valence-electron chi connectivity index (χ4n) is 2.23. The second-order valence-corrected chi connectivity index (χ2v) is 5.79. The van der Waals surface area contributed by atoms with Crippen LogP contribution in [0.5, 0.6) is 11.5 Å². The van der Waals surface area contributed by atoms with E-state index in [1.54, 1.807) is 24.3 Å². The minimum Gasteiger partial charge on any atom is -0.457 e. The van der Waals surface area contributed by atoms with Crippen LogP contribution < -0.4 is 4.74 Å². The number of hydrogen-bond acceptors (Lipinski definition) is 3. The molecule has 0 saturated heterocycles. The van der Waals surface area contributed by atoms with Crippen molar-refractivity contribution in [2.24, 2.45) is 0 Å². The number of rotatable bonds is 5. The molecule has 0 aromatic heterocycles. The first kappa shape index (κ1) is 17.9. The average molecular weight is 375 g/mol. The van der Waals surface area contributed by atoms with Crippen molar-refractivity contribution in [1.29, 1.82) is 0 Å². The zero-order valence-electron chi connectivity index (χ0n) is 13.4. The van der Waals surface area contributed by atoms with Crippen molar-refractivity contribution in [2.75, 3.05) is 0 Å². The Hall–Kier alpha value is -2.92. The normalized spacial score (nSPS) is 10.4. The Kier molecular flexibility index (Phi) is 5.49. The molecular weight excluding hydrogens is 362 g/mol. The lowest BCUT2D eigenvalue weighted by Gasteiger charge is -2.09. The minimum atomic E-state index is -1.17. The minimum absolute atomic E-state index is 0.0693. The smallest absolute Gasteiger partial charge is 0.340 e. The molecule has 0 heterocycles. The summed E-state index contributed by atoms with van der Waals surface area (Å²) in [5.74, 6) is -1.88. The molecule has 26 heavy (non-hydrogen) atoms. The Balaban J connectivity index is 1.67. The molecule has 0 saturated carbocycles. The topological polar surface area (TPSA) is 35.5 Å². The number of hydrogen-bond donors (Lipinski definition) is 0. The van der Waals surface area contributed by atoms with Crippen LogP contribution in [0.15, 0.2) is 66.7 Å². The molecule has 0 unspecified atom stereocenters. The summed E-state index contributed by atoms with van der Waals surface area (Å²) < 4.78 is 37.2. The lowest BCUT2D eigenvalue weighted by molar-refractivity contribution is 0.0472. The van der Waals surface area contributed by atoms with E-state index in [0.717, 1.165) is 12.1 Å². The number of para-hydroxylation sites is 1. The molecule has 3 nitrogen and oxygen atoms in total. The molecule has 0 fully saturated rings. The van der Waals surface area contributed by atoms with Crippen LogP contribution in [0.2, 0.25) is 5.02 Å². The maximum Gasteiger partial charge on any atom is 0.340 e. The summed E-state index contributed by atoms with van der Waals surface area (Å²) in [6.07, 6.45) is 0. The highest BCUT2D eigenvalue weighted by atomic mass is 35.5. The van der Waals surface area contributed by atoms with Gasteiger partial charge in [0.15, 0.2) is 11.6 Å². The Morgan fingerprint density at radius 1 is 0.885 bits per heavy atom. The molecule has 3 rings (SSSR count). The maximum absolute atomic E-state index is 13.3. The number of halogens is 3. The van der Waals surface area contributed by atoms with E-state index in [2.05, 4.69) is 0 Å². The third kappa shape index (κ3) is 4.37. The van der Waals surface area contributed by atoms with E-state index in [0.29, 0.717) is 17.1 Å². The first-order valence-corrected chi connectivity index (χ1v) is 8.04. The van der Waals surface area contributed by atoms with Crippen LogP contribution in [0.4, 0.5) is 8.78 Å². The van der Waals surface area contributed by atoms with Crippen LogP contribution >= 0.6 is 11.6 Å². The summed E-state index contributed by atoms with van der Waals surface area (Å²) in [6, 6.07) is 17.7. The molecule has 0 aliphatic heterocycles. The quantitative estimate of drug-likeness (QED) is 0.420. The van der Waals surface area contributed by atoms with Gasteiger partial charge >= 0.3 is 5.97 Å². The molecule has 0 aliphatic carbocycles. The molecule has 0 amide bonds. The molecule has 0 aliphatic rings. The monoisotopic (exact) mass is 374 g/mol. The Bertz CT molecular complexity index is 930. The fraction of sp³-hybridized carbons (Fsp3) is 0.0500. The SMILES string of the molecule is O=C(OCc1cccc(Oc2ccccc2)c1)c1cc(F)c(F)cc1Cl. The molecule has 0 spiro atoms. The summed E-state index contributed by atoms with van der Waals surface area (Å²) in [6.45, 7) is -0.0693. The third-order valence-corrected chi connectivity index (χ3v) is 3.79. The largest absolute Gasteiger partial charge is 0.457 e. The van der Waals surface area contributed by atoms with Gasteiger partial charge in [-0.15, -0.1) is 0 Å². The zero-order chi connectivity index (χ0) is 18.5. The van der Waals surface area contributed by atoms with Crippen molar-refractivity contribution in [3.05, 3.63) is 94.5 Å². The molecule has 3 aromatic carbocycles. The van der Waals surface area contributed by atoms with E-state index >= 15 is 0 Å². The fourth-order valence-corrected chi connectivity index (χ4v) is 2.46. The van der Waals surface area contributed by atoms with E-state index in [4.69, 9.17) is 21.1 Å². The van der Waals surface area contributed by atoms with E-state index in [-0.39, 0.29) is 17.2 Å². The first-order chi connectivity index (χ1) is 12.5. The van der Waals surface area contributed by atoms with Gasteiger partial charge in [0.25, 0.3) is 0 Å². The Morgan fingerprint density at radius 2 is 1.58 bits per heavy atom. The van der Waals surface area contributed by atoms with Crippen LogP contribution in [0.1, 0.15) is 15.9 Å². The van der Waals surface area contributed by atoms with Gasteiger partial charge in [0.2, 0.25) is 0 Å². The summed E-state index contributed by atoms with van der Waals surface area (Å²) >= 11 is 5.77. The lowest BCUT2D eigenvalue weighted by atomic mass is 10.2. The standard InChI is InChI=1S/C20H13ClF2O3/c21-17-11-19(23)18(22)10-16(17)20(24)25-12-13-5-4-8-15(9-13)26-14-6-2-1-3-7-14/h1-11H,12H2. The van der Waals surface area contributed by atoms with E-state index in [1.165, 1.54) is 0 Å². The molecular formula is C20H13ClF2O3. The van der Waals surface area contributed by atoms with Gasteiger partial charge in [-0.2, -0.15) is 0 Å². The third-order valence-electron chi connectivity index (χ3n) is 3.48. The Morgan fingerprint density at radius 3 is 2.35 bits per heavy atom. The number of esters is 1. The second-order valence-electron chi connectivity index (χ2n) is 5.38. The van der Waals surface area contributed by atoms with Crippen molar-refractivity contribution in [3.63, 3.8) is 0 Å². The number of carbonyl (C=O) groups is 1. The zero-order valence-corrected chi connectivity index (χ0v) is 14.2. The summed E-state index contributed by atoms with van der Waals surface area (Å²) in [4.78, 5) is 12.1. The van der Waals surface area contributed by atoms with Crippen LogP contribution in [-0.2, 0) is 11.3 Å². The van der Waals surface area contributed by atoms with Gasteiger partial charge in [0.05, 0.1) is 10.6 Å². The highest BCUT2D eigenvalue weighted by Gasteiger charge is 2.16. The highest BCUT2D eigenvalue weighted by molar-refractivity contribution is 6.33.